The van der Waals surface area contributed by atoms with Crippen molar-refractivity contribution in [1.29, 1.82) is 0 Å². The first-order valence-electron chi connectivity index (χ1n) is 6.45. The summed E-state index contributed by atoms with van der Waals surface area (Å²) >= 11 is 0. The minimum Gasteiger partial charge on any atom is -0.508 e. The molecule has 1 fully saturated rings. The highest BCUT2D eigenvalue weighted by Crippen LogP contribution is 2.22. The number of nitrogens with zero attached hydrogens (tertiary/aromatic N) is 1. The van der Waals surface area contributed by atoms with Crippen LogP contribution < -0.4 is 5.73 Å². The highest BCUT2D eigenvalue weighted by atomic mass is 16.3. The van der Waals surface area contributed by atoms with Gasteiger partial charge in [0.1, 0.15) is 5.75 Å². The van der Waals surface area contributed by atoms with Gasteiger partial charge in [-0.1, -0.05) is 6.07 Å². The quantitative estimate of drug-likeness (QED) is 0.837. The fourth-order valence-corrected chi connectivity index (χ4v) is 2.56. The Morgan fingerprint density at radius 1 is 1.50 bits per heavy atom. The maximum absolute atomic E-state index is 12.4. The summed E-state index contributed by atoms with van der Waals surface area (Å²) in [6.45, 7) is 2.69. The molecular weight excluding hydrogens is 228 g/mol. The molecule has 2 atom stereocenters. The third-order valence-corrected chi connectivity index (χ3v) is 3.51. The molecule has 98 valence electrons. The van der Waals surface area contributed by atoms with E-state index in [0.29, 0.717) is 5.56 Å². The molecule has 1 aliphatic heterocycles. The monoisotopic (exact) mass is 248 g/mol. The summed E-state index contributed by atoms with van der Waals surface area (Å²) in [6, 6.07) is 6.58. The second-order valence-corrected chi connectivity index (χ2v) is 4.97. The summed E-state index contributed by atoms with van der Waals surface area (Å²) in [4.78, 5) is 14.3. The first kappa shape index (κ1) is 12.9. The number of hydrogen-bond acceptors (Lipinski definition) is 3. The zero-order valence-corrected chi connectivity index (χ0v) is 10.7. The van der Waals surface area contributed by atoms with Gasteiger partial charge in [0.25, 0.3) is 5.91 Å². The fraction of sp³-hybridized carbons (Fsp3) is 0.500. The Morgan fingerprint density at radius 3 is 2.94 bits per heavy atom. The summed E-state index contributed by atoms with van der Waals surface area (Å²) in [5.41, 5.74) is 6.49. The van der Waals surface area contributed by atoms with E-state index in [2.05, 4.69) is 0 Å². The number of phenolic OH excluding ortho intramolecular Hbond substituents is 1. The van der Waals surface area contributed by atoms with E-state index in [1.165, 1.54) is 6.07 Å². The second-order valence-electron chi connectivity index (χ2n) is 4.97. The Bertz CT molecular complexity index is 432. The van der Waals surface area contributed by atoms with E-state index in [4.69, 9.17) is 5.73 Å². The average Bonchev–Trinajstić information content (AvgIpc) is 2.38. The Labute approximate surface area is 107 Å². The zero-order valence-electron chi connectivity index (χ0n) is 10.7. The van der Waals surface area contributed by atoms with Gasteiger partial charge in [-0.3, -0.25) is 4.79 Å². The van der Waals surface area contributed by atoms with Crippen LogP contribution in [0.3, 0.4) is 0 Å². The molecule has 4 heteroatoms. The number of rotatable bonds is 2. The normalized spacial score (nSPS) is 21.7. The van der Waals surface area contributed by atoms with Crippen LogP contribution in [-0.4, -0.2) is 34.5 Å². The Morgan fingerprint density at radius 2 is 2.28 bits per heavy atom. The molecule has 1 amide bonds. The highest BCUT2D eigenvalue weighted by molar-refractivity contribution is 5.94. The van der Waals surface area contributed by atoms with E-state index in [-0.39, 0.29) is 23.7 Å². The van der Waals surface area contributed by atoms with Crippen molar-refractivity contribution in [2.24, 2.45) is 5.73 Å². The van der Waals surface area contributed by atoms with Crippen LogP contribution in [0.5, 0.6) is 5.75 Å². The number of carbonyl (C=O) groups excluding carboxylic acids is 1. The maximum Gasteiger partial charge on any atom is 0.254 e. The molecule has 2 unspecified atom stereocenters. The minimum absolute atomic E-state index is 0.0217. The number of nitrogens with two attached hydrogens (primary N) is 1. The van der Waals surface area contributed by atoms with Crippen LogP contribution in [0.2, 0.25) is 0 Å². The molecule has 1 saturated heterocycles. The molecule has 18 heavy (non-hydrogen) atoms. The molecule has 3 N–H and O–H groups in total. The number of likely N-dealkylation sites (tertiary alicyclic amines) is 1. The molecule has 1 aromatic rings. The van der Waals surface area contributed by atoms with Gasteiger partial charge in [0, 0.05) is 24.2 Å². The highest BCUT2D eigenvalue weighted by Gasteiger charge is 2.29. The lowest BCUT2D eigenvalue weighted by Crippen LogP contribution is -2.51. The number of piperidine rings is 1. The third-order valence-electron chi connectivity index (χ3n) is 3.51. The van der Waals surface area contributed by atoms with Crippen LogP contribution in [0.25, 0.3) is 0 Å². The van der Waals surface area contributed by atoms with Crippen molar-refractivity contribution in [3.8, 4) is 5.75 Å². The summed E-state index contributed by atoms with van der Waals surface area (Å²) < 4.78 is 0. The largest absolute Gasteiger partial charge is 0.508 e. The predicted molar refractivity (Wildman–Crippen MR) is 70.4 cm³/mol. The summed E-state index contributed by atoms with van der Waals surface area (Å²) in [5.74, 6) is 0.0862. The molecule has 1 heterocycles. The number of carbonyl (C=O) groups is 1. The molecule has 0 bridgehead atoms. The van der Waals surface area contributed by atoms with E-state index < -0.39 is 0 Å². The standard InChI is InChI=1S/C14H20N2O2/c1-10(15)13-7-2-3-8-16(13)14(18)11-5-4-6-12(17)9-11/h4-6,9-10,13,17H,2-3,7-8,15H2,1H3. The molecule has 0 aromatic heterocycles. The van der Waals surface area contributed by atoms with Crippen molar-refractivity contribution in [3.63, 3.8) is 0 Å². The van der Waals surface area contributed by atoms with Gasteiger partial charge < -0.3 is 15.7 Å². The van der Waals surface area contributed by atoms with E-state index >= 15 is 0 Å². The minimum atomic E-state index is -0.0344. The molecule has 0 saturated carbocycles. The van der Waals surface area contributed by atoms with Crippen molar-refractivity contribution < 1.29 is 9.90 Å². The van der Waals surface area contributed by atoms with Gasteiger partial charge in [-0.15, -0.1) is 0 Å². The number of benzene rings is 1. The third kappa shape index (κ3) is 2.64. The molecule has 0 radical (unpaired) electrons. The lowest BCUT2D eigenvalue weighted by atomic mass is 9.96. The lowest BCUT2D eigenvalue weighted by molar-refractivity contribution is 0.0583. The molecule has 0 spiro atoms. The Hall–Kier alpha value is -1.55. The smallest absolute Gasteiger partial charge is 0.254 e. The molecule has 1 aliphatic rings. The van der Waals surface area contributed by atoms with Crippen molar-refractivity contribution >= 4 is 5.91 Å². The number of phenols is 1. The maximum atomic E-state index is 12.4. The van der Waals surface area contributed by atoms with Gasteiger partial charge in [-0.2, -0.15) is 0 Å². The van der Waals surface area contributed by atoms with Gasteiger partial charge in [-0.25, -0.2) is 0 Å². The average molecular weight is 248 g/mol. The van der Waals surface area contributed by atoms with E-state index in [9.17, 15) is 9.90 Å². The number of amides is 1. The van der Waals surface area contributed by atoms with Crippen molar-refractivity contribution in [3.05, 3.63) is 29.8 Å². The number of hydrogen-bond donors (Lipinski definition) is 2. The topological polar surface area (TPSA) is 66.6 Å². The van der Waals surface area contributed by atoms with E-state index in [1.807, 2.05) is 11.8 Å². The van der Waals surface area contributed by atoms with Crippen LogP contribution >= 0.6 is 0 Å². The Balaban J connectivity index is 2.21. The second kappa shape index (κ2) is 5.40. The number of aromatic hydroxyl groups is 1. The molecule has 0 aliphatic carbocycles. The first-order valence-corrected chi connectivity index (χ1v) is 6.45. The van der Waals surface area contributed by atoms with Gasteiger partial charge in [-0.05, 0) is 44.4 Å². The summed E-state index contributed by atoms with van der Waals surface area (Å²) in [5, 5.41) is 9.44. The zero-order chi connectivity index (χ0) is 13.1. The molecule has 1 aromatic carbocycles. The van der Waals surface area contributed by atoms with Gasteiger partial charge >= 0.3 is 0 Å². The Kier molecular flexibility index (Phi) is 3.87. The lowest BCUT2D eigenvalue weighted by Gasteiger charge is -2.38. The predicted octanol–water partition coefficient (Wildman–Crippen LogP) is 1.73. The summed E-state index contributed by atoms with van der Waals surface area (Å²) in [7, 11) is 0. The van der Waals surface area contributed by atoms with E-state index in [1.54, 1.807) is 18.2 Å². The molecular formula is C14H20N2O2. The van der Waals surface area contributed by atoms with Crippen molar-refractivity contribution in [2.75, 3.05) is 6.54 Å². The van der Waals surface area contributed by atoms with Gasteiger partial charge in [0.15, 0.2) is 0 Å². The van der Waals surface area contributed by atoms with Crippen molar-refractivity contribution in [2.45, 2.75) is 38.3 Å². The first-order chi connectivity index (χ1) is 8.59. The fourth-order valence-electron chi connectivity index (χ4n) is 2.56. The van der Waals surface area contributed by atoms with E-state index in [0.717, 1.165) is 25.8 Å². The van der Waals surface area contributed by atoms with Crippen molar-refractivity contribution in [1.82, 2.24) is 4.90 Å². The summed E-state index contributed by atoms with van der Waals surface area (Å²) in [6.07, 6.45) is 3.10. The van der Waals surface area contributed by atoms with Crippen LogP contribution in [0.15, 0.2) is 24.3 Å². The van der Waals surface area contributed by atoms with Crippen LogP contribution in [0, 0.1) is 0 Å². The van der Waals surface area contributed by atoms with Crippen LogP contribution in [0.4, 0.5) is 0 Å². The van der Waals surface area contributed by atoms with Crippen LogP contribution in [-0.2, 0) is 0 Å². The molecule has 2 rings (SSSR count). The van der Waals surface area contributed by atoms with Crippen LogP contribution in [0.1, 0.15) is 36.5 Å². The SMILES string of the molecule is CC(N)C1CCCCN1C(=O)c1cccc(O)c1. The molecule has 4 nitrogen and oxygen atoms in total. The van der Waals surface area contributed by atoms with Gasteiger partial charge in [0.2, 0.25) is 0 Å². The van der Waals surface area contributed by atoms with Gasteiger partial charge in [0.05, 0.1) is 0 Å².